The molecule has 1 aliphatic heterocycles. The van der Waals surface area contributed by atoms with Gasteiger partial charge in [-0.1, -0.05) is 72.4 Å². The van der Waals surface area contributed by atoms with Crippen molar-refractivity contribution >= 4 is 31.6 Å². The standard InChI is InChI=1S/C27H29N3O3S2/c31-27-30(20-21-8-3-1-4-9-21)25-13-12-24(17-26(25)34-27)35(32,33)28-18-22-10-7-11-23(16-22)19-29-14-5-2-6-15-29/h1,3-4,7-13,16-17,28H,2,5-6,14-15,18-20H2. The molecule has 1 N–H and O–H groups in total. The fourth-order valence-electron chi connectivity index (χ4n) is 4.60. The molecule has 1 aromatic heterocycles. The quantitative estimate of drug-likeness (QED) is 0.379. The monoisotopic (exact) mass is 507 g/mol. The second-order valence-corrected chi connectivity index (χ2v) is 11.8. The lowest BCUT2D eigenvalue weighted by molar-refractivity contribution is 0.221. The highest BCUT2D eigenvalue weighted by Crippen LogP contribution is 2.23. The number of rotatable bonds is 8. The molecule has 1 fully saturated rings. The number of fused-ring (bicyclic) bond motifs is 1. The molecule has 2 heterocycles. The van der Waals surface area contributed by atoms with Crippen LogP contribution in [0.1, 0.15) is 36.0 Å². The van der Waals surface area contributed by atoms with Crippen molar-refractivity contribution < 1.29 is 8.42 Å². The van der Waals surface area contributed by atoms with Crippen LogP contribution in [-0.2, 0) is 29.7 Å². The van der Waals surface area contributed by atoms with E-state index in [2.05, 4.69) is 21.8 Å². The van der Waals surface area contributed by atoms with Gasteiger partial charge in [0.05, 0.1) is 21.7 Å². The third-order valence-corrected chi connectivity index (χ3v) is 8.79. The molecule has 182 valence electrons. The van der Waals surface area contributed by atoms with E-state index in [0.29, 0.717) is 11.2 Å². The molecule has 0 atom stereocenters. The number of sulfonamides is 1. The van der Waals surface area contributed by atoms with Crippen LogP contribution in [0.2, 0.25) is 0 Å². The Bertz CT molecular complexity index is 1470. The normalized spacial score (nSPS) is 15.0. The van der Waals surface area contributed by atoms with Crippen molar-refractivity contribution in [2.75, 3.05) is 13.1 Å². The summed E-state index contributed by atoms with van der Waals surface area (Å²) < 4.78 is 31.1. The number of nitrogens with one attached hydrogen (secondary N) is 1. The average Bonchev–Trinajstić information content (AvgIpc) is 3.18. The third kappa shape index (κ3) is 5.73. The molecule has 8 heteroatoms. The van der Waals surface area contributed by atoms with E-state index >= 15 is 0 Å². The van der Waals surface area contributed by atoms with Crippen molar-refractivity contribution in [1.29, 1.82) is 0 Å². The van der Waals surface area contributed by atoms with Crippen molar-refractivity contribution in [1.82, 2.24) is 14.2 Å². The smallest absolute Gasteiger partial charge is 0.299 e. The summed E-state index contributed by atoms with van der Waals surface area (Å²) in [6.07, 6.45) is 3.79. The van der Waals surface area contributed by atoms with Crippen molar-refractivity contribution in [2.45, 2.75) is 43.8 Å². The van der Waals surface area contributed by atoms with Crippen LogP contribution < -0.4 is 9.60 Å². The van der Waals surface area contributed by atoms with Crippen LogP contribution in [0.15, 0.2) is 82.5 Å². The van der Waals surface area contributed by atoms with E-state index in [1.807, 2.05) is 42.5 Å². The van der Waals surface area contributed by atoms with E-state index in [1.54, 1.807) is 22.8 Å². The van der Waals surface area contributed by atoms with Gasteiger partial charge in [0.2, 0.25) is 10.0 Å². The first-order valence-corrected chi connectivity index (χ1v) is 14.3. The predicted octanol–water partition coefficient (Wildman–Crippen LogP) is 4.58. The summed E-state index contributed by atoms with van der Waals surface area (Å²) in [6.45, 7) is 3.82. The van der Waals surface area contributed by atoms with Gasteiger partial charge in [-0.3, -0.25) is 14.3 Å². The molecule has 0 amide bonds. The highest BCUT2D eigenvalue weighted by Gasteiger charge is 2.17. The van der Waals surface area contributed by atoms with Gasteiger partial charge in [-0.15, -0.1) is 0 Å². The highest BCUT2D eigenvalue weighted by molar-refractivity contribution is 7.89. The molecule has 4 aromatic rings. The van der Waals surface area contributed by atoms with E-state index in [4.69, 9.17) is 0 Å². The second kappa shape index (κ2) is 10.5. The molecule has 0 saturated carbocycles. The number of likely N-dealkylation sites (tertiary alicyclic amines) is 1. The zero-order valence-electron chi connectivity index (χ0n) is 19.5. The Morgan fingerprint density at radius 1 is 0.800 bits per heavy atom. The Labute approximate surface area is 209 Å². The molecular formula is C27H29N3O3S2. The fourth-order valence-corrected chi connectivity index (χ4v) is 6.65. The number of nitrogens with zero attached hydrogens (tertiary/aromatic N) is 2. The van der Waals surface area contributed by atoms with Crippen molar-refractivity contribution in [2.24, 2.45) is 0 Å². The molecule has 0 unspecified atom stereocenters. The molecule has 35 heavy (non-hydrogen) atoms. The average molecular weight is 508 g/mol. The Morgan fingerprint density at radius 3 is 2.34 bits per heavy atom. The summed E-state index contributed by atoms with van der Waals surface area (Å²) in [4.78, 5) is 15.1. The number of piperidine rings is 1. The van der Waals surface area contributed by atoms with Crippen LogP contribution in [-0.4, -0.2) is 31.0 Å². The van der Waals surface area contributed by atoms with Gasteiger partial charge in [-0.25, -0.2) is 13.1 Å². The van der Waals surface area contributed by atoms with Crippen LogP contribution in [0.25, 0.3) is 10.2 Å². The van der Waals surface area contributed by atoms with Gasteiger partial charge < -0.3 is 0 Å². The van der Waals surface area contributed by atoms with Gasteiger partial charge in [0, 0.05) is 13.1 Å². The van der Waals surface area contributed by atoms with E-state index in [9.17, 15) is 13.2 Å². The minimum atomic E-state index is -3.72. The van der Waals surface area contributed by atoms with Gasteiger partial charge in [-0.05, 0) is 60.8 Å². The topological polar surface area (TPSA) is 71.4 Å². The minimum Gasteiger partial charge on any atom is -0.299 e. The number of hydrogen-bond acceptors (Lipinski definition) is 5. The fraction of sp³-hybridized carbons (Fsp3) is 0.296. The van der Waals surface area contributed by atoms with Crippen molar-refractivity contribution in [3.05, 3.63) is 99.2 Å². The maximum atomic E-state index is 13.0. The summed E-state index contributed by atoms with van der Waals surface area (Å²) in [5.41, 5.74) is 3.90. The maximum Gasteiger partial charge on any atom is 0.308 e. The molecule has 6 nitrogen and oxygen atoms in total. The minimum absolute atomic E-state index is 0.100. The number of aromatic nitrogens is 1. The lowest BCUT2D eigenvalue weighted by Gasteiger charge is -2.26. The van der Waals surface area contributed by atoms with Crippen LogP contribution in [0, 0.1) is 0 Å². The Balaban J connectivity index is 1.30. The van der Waals surface area contributed by atoms with Crippen molar-refractivity contribution in [3.63, 3.8) is 0 Å². The van der Waals surface area contributed by atoms with E-state index in [1.165, 1.54) is 24.8 Å². The maximum absolute atomic E-state index is 13.0. The number of benzene rings is 3. The van der Waals surface area contributed by atoms with Gasteiger partial charge in [-0.2, -0.15) is 0 Å². The van der Waals surface area contributed by atoms with Gasteiger partial charge >= 0.3 is 4.87 Å². The van der Waals surface area contributed by atoms with Crippen LogP contribution in [0.4, 0.5) is 0 Å². The number of thiazole rings is 1. The zero-order chi connectivity index (χ0) is 24.3. The summed E-state index contributed by atoms with van der Waals surface area (Å²) in [5, 5.41) is 0. The first kappa shape index (κ1) is 23.9. The molecule has 1 aliphatic rings. The van der Waals surface area contributed by atoms with Gasteiger partial charge in [0.1, 0.15) is 0 Å². The second-order valence-electron chi connectivity index (χ2n) is 9.05. The van der Waals surface area contributed by atoms with Gasteiger partial charge in [0.15, 0.2) is 0 Å². The molecular weight excluding hydrogens is 478 g/mol. The predicted molar refractivity (Wildman–Crippen MR) is 141 cm³/mol. The summed E-state index contributed by atoms with van der Waals surface area (Å²) >= 11 is 1.07. The summed E-state index contributed by atoms with van der Waals surface area (Å²) in [5.74, 6) is 0. The van der Waals surface area contributed by atoms with Crippen LogP contribution >= 0.6 is 11.3 Å². The summed E-state index contributed by atoms with van der Waals surface area (Å²) in [7, 11) is -3.72. The van der Waals surface area contributed by atoms with Gasteiger partial charge in [0.25, 0.3) is 0 Å². The molecule has 0 spiro atoms. The lowest BCUT2D eigenvalue weighted by Crippen LogP contribution is -2.29. The van der Waals surface area contributed by atoms with Crippen LogP contribution in [0.3, 0.4) is 0 Å². The Morgan fingerprint density at radius 2 is 1.54 bits per heavy atom. The largest absolute Gasteiger partial charge is 0.308 e. The van der Waals surface area contributed by atoms with E-state index in [-0.39, 0.29) is 16.3 Å². The molecule has 1 saturated heterocycles. The molecule has 0 radical (unpaired) electrons. The first-order valence-electron chi connectivity index (χ1n) is 12.0. The molecule has 3 aromatic carbocycles. The lowest BCUT2D eigenvalue weighted by atomic mass is 10.1. The first-order chi connectivity index (χ1) is 17.0. The molecule has 0 aliphatic carbocycles. The van der Waals surface area contributed by atoms with E-state index < -0.39 is 10.0 Å². The zero-order valence-corrected chi connectivity index (χ0v) is 21.2. The molecule has 5 rings (SSSR count). The van der Waals surface area contributed by atoms with E-state index in [0.717, 1.165) is 47.6 Å². The Kier molecular flexibility index (Phi) is 7.15. The third-order valence-electron chi connectivity index (χ3n) is 6.45. The summed E-state index contributed by atoms with van der Waals surface area (Å²) in [6, 6.07) is 22.8. The van der Waals surface area contributed by atoms with Crippen LogP contribution in [0.5, 0.6) is 0 Å². The molecule has 0 bridgehead atoms. The SMILES string of the molecule is O=c1sc2cc(S(=O)(=O)NCc3cccc(CN4CCCCC4)c3)ccc2n1Cc1ccccc1. The highest BCUT2D eigenvalue weighted by atomic mass is 32.2. The van der Waals surface area contributed by atoms with Crippen molar-refractivity contribution in [3.8, 4) is 0 Å². The number of hydrogen-bond donors (Lipinski definition) is 1. The Hall–Kier alpha value is -2.78.